The fraction of sp³-hybridized carbons (Fsp3) is 0.0667. The van der Waals surface area contributed by atoms with Crippen LogP contribution in [0.4, 0.5) is 0 Å². The molecule has 0 aliphatic carbocycles. The predicted molar refractivity (Wildman–Crippen MR) is 144 cm³/mol. The second-order valence-corrected chi connectivity index (χ2v) is 8.89. The molecule has 1 aromatic heterocycles. The van der Waals surface area contributed by atoms with Gasteiger partial charge in [0.25, 0.3) is 5.56 Å². The van der Waals surface area contributed by atoms with E-state index in [0.717, 1.165) is 33.4 Å². The van der Waals surface area contributed by atoms with Crippen LogP contribution in [0, 0.1) is 0 Å². The molecule has 4 aromatic carbocycles. The Morgan fingerprint density at radius 1 is 0.833 bits per heavy atom. The third-order valence-electron chi connectivity index (χ3n) is 6.12. The smallest absolute Gasteiger partial charge is 0.307 e. The van der Waals surface area contributed by atoms with Crippen molar-refractivity contribution in [3.05, 3.63) is 112 Å². The standard InChI is InChI=1S/C30H22ClNO4/c1-36-28-16-21(10-11-23(28)19-7-3-2-4-8-19)24-14-22-15-25(30(35)32-27(22)17-26(24)31)20-9-5-6-18(12-20)13-29(33)34/h2-12,14-17H,13H2,1H3,(H,32,35)(H,33,34). The van der Waals surface area contributed by atoms with E-state index >= 15 is 0 Å². The summed E-state index contributed by atoms with van der Waals surface area (Å²) in [6.07, 6.45) is -0.111. The molecule has 0 aliphatic heterocycles. The van der Waals surface area contributed by atoms with Crippen molar-refractivity contribution in [1.29, 1.82) is 0 Å². The molecule has 1 heterocycles. The molecule has 0 amide bonds. The summed E-state index contributed by atoms with van der Waals surface area (Å²) in [5.74, 6) is -0.195. The Morgan fingerprint density at radius 3 is 2.31 bits per heavy atom. The van der Waals surface area contributed by atoms with Crippen molar-refractivity contribution in [1.82, 2.24) is 4.98 Å². The molecule has 5 nitrogen and oxygen atoms in total. The Morgan fingerprint density at radius 2 is 1.56 bits per heavy atom. The van der Waals surface area contributed by atoms with Crippen LogP contribution in [0.15, 0.2) is 95.8 Å². The minimum atomic E-state index is -0.924. The van der Waals surface area contributed by atoms with Crippen LogP contribution < -0.4 is 10.3 Å². The predicted octanol–water partition coefficient (Wildman–Crippen LogP) is 6.82. The molecule has 5 aromatic rings. The molecule has 5 rings (SSSR count). The normalized spacial score (nSPS) is 10.9. The van der Waals surface area contributed by atoms with Gasteiger partial charge in [0.2, 0.25) is 0 Å². The van der Waals surface area contributed by atoms with Crippen LogP contribution in [-0.4, -0.2) is 23.2 Å². The zero-order valence-corrected chi connectivity index (χ0v) is 20.2. The number of aliphatic carboxylic acids is 1. The highest BCUT2D eigenvalue weighted by atomic mass is 35.5. The van der Waals surface area contributed by atoms with Crippen LogP contribution in [0.1, 0.15) is 5.56 Å². The Labute approximate surface area is 212 Å². The Kier molecular flexibility index (Phi) is 6.32. The number of halogens is 1. The number of rotatable bonds is 6. The molecule has 0 unspecified atom stereocenters. The third-order valence-corrected chi connectivity index (χ3v) is 6.44. The number of carbonyl (C=O) groups is 1. The lowest BCUT2D eigenvalue weighted by molar-refractivity contribution is -0.136. The van der Waals surface area contributed by atoms with E-state index in [1.807, 2.05) is 60.7 Å². The number of ether oxygens (including phenoxy) is 1. The Balaban J connectivity index is 1.61. The molecular weight excluding hydrogens is 474 g/mol. The van der Waals surface area contributed by atoms with Gasteiger partial charge in [-0.25, -0.2) is 0 Å². The topological polar surface area (TPSA) is 79.4 Å². The summed E-state index contributed by atoms with van der Waals surface area (Å²) in [4.78, 5) is 26.9. The van der Waals surface area contributed by atoms with Gasteiger partial charge >= 0.3 is 5.97 Å². The summed E-state index contributed by atoms with van der Waals surface area (Å²) in [7, 11) is 1.64. The van der Waals surface area contributed by atoms with Gasteiger partial charge in [-0.1, -0.05) is 78.3 Å². The largest absolute Gasteiger partial charge is 0.496 e. The van der Waals surface area contributed by atoms with Gasteiger partial charge in [0.15, 0.2) is 0 Å². The van der Waals surface area contributed by atoms with E-state index in [1.54, 1.807) is 37.4 Å². The van der Waals surface area contributed by atoms with E-state index in [-0.39, 0.29) is 12.0 Å². The first kappa shape index (κ1) is 23.4. The minimum Gasteiger partial charge on any atom is -0.496 e. The number of methoxy groups -OCH3 is 1. The number of benzene rings is 4. The lowest BCUT2D eigenvalue weighted by Gasteiger charge is -2.13. The highest BCUT2D eigenvalue weighted by Crippen LogP contribution is 2.38. The maximum absolute atomic E-state index is 12.9. The lowest BCUT2D eigenvalue weighted by Crippen LogP contribution is -2.09. The third kappa shape index (κ3) is 4.61. The molecule has 0 fully saturated rings. The number of H-pyrrole nitrogens is 1. The van der Waals surface area contributed by atoms with E-state index in [1.165, 1.54) is 0 Å². The zero-order valence-electron chi connectivity index (χ0n) is 19.4. The maximum Gasteiger partial charge on any atom is 0.307 e. The van der Waals surface area contributed by atoms with E-state index in [4.69, 9.17) is 21.4 Å². The quantitative estimate of drug-likeness (QED) is 0.271. The SMILES string of the molecule is COc1cc(-c2cc3cc(-c4cccc(CC(=O)O)c4)c(=O)[nH]c3cc2Cl)ccc1-c1ccccc1. The van der Waals surface area contributed by atoms with E-state index in [0.29, 0.717) is 27.2 Å². The van der Waals surface area contributed by atoms with Crippen molar-refractivity contribution in [3.8, 4) is 39.1 Å². The van der Waals surface area contributed by atoms with Crippen molar-refractivity contribution in [2.75, 3.05) is 7.11 Å². The molecule has 0 saturated heterocycles. The van der Waals surface area contributed by atoms with E-state index < -0.39 is 5.97 Å². The molecule has 0 saturated carbocycles. The first-order valence-corrected chi connectivity index (χ1v) is 11.7. The summed E-state index contributed by atoms with van der Waals surface area (Å²) < 4.78 is 5.69. The minimum absolute atomic E-state index is 0.111. The van der Waals surface area contributed by atoms with Crippen LogP contribution in [0.5, 0.6) is 5.75 Å². The second kappa shape index (κ2) is 9.72. The van der Waals surface area contributed by atoms with Crippen molar-refractivity contribution in [2.24, 2.45) is 0 Å². The number of carboxylic acids is 1. The number of hydrogen-bond donors (Lipinski definition) is 2. The zero-order chi connectivity index (χ0) is 25.2. The fourth-order valence-electron chi connectivity index (χ4n) is 4.40. The number of aromatic amines is 1. The molecular formula is C30H22ClNO4. The van der Waals surface area contributed by atoms with Gasteiger partial charge < -0.3 is 14.8 Å². The van der Waals surface area contributed by atoms with Gasteiger partial charge in [-0.05, 0) is 51.9 Å². The van der Waals surface area contributed by atoms with Crippen LogP contribution >= 0.6 is 11.6 Å². The van der Waals surface area contributed by atoms with Gasteiger partial charge in [0, 0.05) is 22.2 Å². The number of pyridine rings is 1. The average Bonchev–Trinajstić information content (AvgIpc) is 2.88. The molecule has 0 aliphatic rings. The van der Waals surface area contributed by atoms with E-state index in [9.17, 15) is 9.59 Å². The first-order valence-electron chi connectivity index (χ1n) is 11.3. The van der Waals surface area contributed by atoms with Crippen molar-refractivity contribution >= 4 is 28.5 Å². The number of fused-ring (bicyclic) bond motifs is 1. The Bertz CT molecular complexity index is 1660. The Hall–Kier alpha value is -4.35. The summed E-state index contributed by atoms with van der Waals surface area (Å²) >= 11 is 6.65. The number of nitrogens with one attached hydrogen (secondary N) is 1. The summed E-state index contributed by atoms with van der Waals surface area (Å²) in [5, 5.41) is 10.4. The van der Waals surface area contributed by atoms with Gasteiger partial charge in [0.1, 0.15) is 5.75 Å². The number of aromatic nitrogens is 1. The molecule has 6 heteroatoms. The van der Waals surface area contributed by atoms with Crippen LogP contribution in [-0.2, 0) is 11.2 Å². The summed E-state index contributed by atoms with van der Waals surface area (Å²) in [5.41, 5.74) is 5.81. The number of hydrogen-bond acceptors (Lipinski definition) is 3. The summed E-state index contributed by atoms with van der Waals surface area (Å²) in [6, 6.07) is 28.5. The average molecular weight is 496 g/mol. The highest BCUT2D eigenvalue weighted by Gasteiger charge is 2.14. The number of carboxylic acid groups (broad SMARTS) is 1. The molecule has 0 spiro atoms. The van der Waals surface area contributed by atoms with Crippen LogP contribution in [0.25, 0.3) is 44.3 Å². The second-order valence-electron chi connectivity index (χ2n) is 8.48. The summed E-state index contributed by atoms with van der Waals surface area (Å²) in [6.45, 7) is 0. The molecule has 0 radical (unpaired) electrons. The monoisotopic (exact) mass is 495 g/mol. The van der Waals surface area contributed by atoms with Gasteiger partial charge in [-0.3, -0.25) is 9.59 Å². The van der Waals surface area contributed by atoms with Gasteiger partial charge in [0.05, 0.1) is 18.6 Å². The van der Waals surface area contributed by atoms with E-state index in [2.05, 4.69) is 4.98 Å². The van der Waals surface area contributed by atoms with Gasteiger partial charge in [-0.2, -0.15) is 0 Å². The molecule has 0 bridgehead atoms. The van der Waals surface area contributed by atoms with Crippen LogP contribution in [0.3, 0.4) is 0 Å². The molecule has 178 valence electrons. The first-order chi connectivity index (χ1) is 17.4. The lowest BCUT2D eigenvalue weighted by atomic mass is 9.97. The van der Waals surface area contributed by atoms with Crippen molar-refractivity contribution < 1.29 is 14.6 Å². The highest BCUT2D eigenvalue weighted by molar-refractivity contribution is 6.34. The molecule has 36 heavy (non-hydrogen) atoms. The molecule has 2 N–H and O–H groups in total. The van der Waals surface area contributed by atoms with Crippen molar-refractivity contribution in [2.45, 2.75) is 6.42 Å². The van der Waals surface area contributed by atoms with Crippen LogP contribution in [0.2, 0.25) is 5.02 Å². The fourth-order valence-corrected chi connectivity index (χ4v) is 4.68. The van der Waals surface area contributed by atoms with Gasteiger partial charge in [-0.15, -0.1) is 0 Å². The van der Waals surface area contributed by atoms with Crippen molar-refractivity contribution in [3.63, 3.8) is 0 Å². The maximum atomic E-state index is 12.9. The molecule has 0 atom stereocenters.